The molecular weight excluding hydrogens is 224 g/mol. The highest BCUT2D eigenvalue weighted by Gasteiger charge is 2.22. The number of hydrogen-bond donors (Lipinski definition) is 3. The van der Waals surface area contributed by atoms with Crippen LogP contribution in [0.2, 0.25) is 0 Å². The largest absolute Gasteiger partial charge is 0.480 e. The lowest BCUT2D eigenvalue weighted by molar-refractivity contribution is -0.154. The molecule has 1 aromatic carbocycles. The lowest BCUT2D eigenvalue weighted by atomic mass is 10.1. The van der Waals surface area contributed by atoms with Crippen LogP contribution in [0.4, 0.5) is 0 Å². The summed E-state index contributed by atoms with van der Waals surface area (Å²) in [5, 5.41) is 8.48. The Morgan fingerprint density at radius 2 is 1.76 bits per heavy atom. The first-order valence-electron chi connectivity index (χ1n) is 4.97. The maximum Gasteiger partial charge on any atom is 0.334 e. The quantitative estimate of drug-likeness (QED) is 0.475. The predicted octanol–water partition coefficient (Wildman–Crippen LogP) is -0.400. The molecule has 1 rings (SSSR count). The third-order valence-corrected chi connectivity index (χ3v) is 2.16. The van der Waals surface area contributed by atoms with Gasteiger partial charge in [-0.15, -0.1) is 0 Å². The first kappa shape index (κ1) is 13.1. The van der Waals surface area contributed by atoms with E-state index in [1.54, 1.807) is 24.3 Å². The molecule has 0 radical (unpaired) electrons. The summed E-state index contributed by atoms with van der Waals surface area (Å²) >= 11 is 0. The van der Waals surface area contributed by atoms with Crippen molar-refractivity contribution in [1.29, 1.82) is 0 Å². The van der Waals surface area contributed by atoms with Gasteiger partial charge in [0.25, 0.3) is 0 Å². The van der Waals surface area contributed by atoms with E-state index in [1.807, 2.05) is 0 Å². The van der Waals surface area contributed by atoms with Gasteiger partial charge in [0.1, 0.15) is 6.61 Å². The number of carboxylic acid groups (broad SMARTS) is 1. The Kier molecular flexibility index (Phi) is 4.62. The highest BCUT2D eigenvalue weighted by Crippen LogP contribution is 2.05. The second-order valence-corrected chi connectivity index (χ2v) is 3.44. The Balaban J connectivity index is 2.50. The number of hydrogen-bond acceptors (Lipinski definition) is 5. The summed E-state index contributed by atoms with van der Waals surface area (Å²) in [6.07, 6.45) is 0. The number of nitrogens with two attached hydrogens (primary N) is 2. The molecule has 92 valence electrons. The number of ether oxygens (including phenoxy) is 1. The Morgan fingerprint density at radius 3 is 2.24 bits per heavy atom. The van der Waals surface area contributed by atoms with Gasteiger partial charge < -0.3 is 21.3 Å². The summed E-state index contributed by atoms with van der Waals surface area (Å²) in [6.45, 7) is 0.425. The molecule has 0 fully saturated rings. The van der Waals surface area contributed by atoms with Gasteiger partial charge in [-0.2, -0.15) is 0 Å². The first-order valence-corrected chi connectivity index (χ1v) is 4.97. The summed E-state index contributed by atoms with van der Waals surface area (Å²) in [7, 11) is 0. The molecule has 0 spiro atoms. The molecule has 6 nitrogen and oxygen atoms in total. The van der Waals surface area contributed by atoms with E-state index >= 15 is 0 Å². The zero-order chi connectivity index (χ0) is 12.8. The fourth-order valence-electron chi connectivity index (χ4n) is 1.12. The van der Waals surface area contributed by atoms with Crippen LogP contribution in [0.15, 0.2) is 24.3 Å². The van der Waals surface area contributed by atoms with Gasteiger partial charge in [-0.1, -0.05) is 24.3 Å². The topological polar surface area (TPSA) is 116 Å². The van der Waals surface area contributed by atoms with Crippen LogP contribution in [0, 0.1) is 0 Å². The molecule has 1 aromatic rings. The summed E-state index contributed by atoms with van der Waals surface area (Å²) < 4.78 is 4.75. The molecule has 1 atom stereocenters. The summed E-state index contributed by atoms with van der Waals surface area (Å²) in [5.74, 6) is -2.37. The average Bonchev–Trinajstić information content (AvgIpc) is 2.35. The van der Waals surface area contributed by atoms with Crippen LogP contribution in [-0.4, -0.2) is 23.1 Å². The monoisotopic (exact) mass is 238 g/mol. The van der Waals surface area contributed by atoms with Crippen molar-refractivity contribution < 1.29 is 19.4 Å². The van der Waals surface area contributed by atoms with E-state index < -0.39 is 18.0 Å². The third kappa shape index (κ3) is 3.86. The van der Waals surface area contributed by atoms with Crippen molar-refractivity contribution in [3.63, 3.8) is 0 Å². The van der Waals surface area contributed by atoms with Crippen molar-refractivity contribution in [2.24, 2.45) is 11.5 Å². The zero-order valence-corrected chi connectivity index (χ0v) is 9.13. The summed E-state index contributed by atoms with van der Waals surface area (Å²) in [4.78, 5) is 21.5. The highest BCUT2D eigenvalue weighted by molar-refractivity contribution is 5.97. The second-order valence-electron chi connectivity index (χ2n) is 3.44. The number of rotatable bonds is 5. The van der Waals surface area contributed by atoms with Crippen LogP contribution in [0.5, 0.6) is 0 Å². The Bertz CT molecular complexity index is 402. The molecule has 6 heteroatoms. The van der Waals surface area contributed by atoms with Crippen molar-refractivity contribution in [3.05, 3.63) is 35.4 Å². The molecule has 0 aliphatic rings. The second kappa shape index (κ2) is 5.97. The van der Waals surface area contributed by atoms with E-state index in [9.17, 15) is 9.59 Å². The van der Waals surface area contributed by atoms with Gasteiger partial charge in [0, 0.05) is 6.54 Å². The number of carbonyl (C=O) groups is 2. The number of benzene rings is 1. The van der Waals surface area contributed by atoms with E-state index in [1.165, 1.54) is 0 Å². The van der Waals surface area contributed by atoms with Crippen LogP contribution in [0.25, 0.3) is 0 Å². The molecule has 0 heterocycles. The molecule has 0 aliphatic carbocycles. The number of carbonyl (C=O) groups excluding carboxylic acids is 1. The lowest BCUT2D eigenvalue weighted by Gasteiger charge is -2.08. The van der Waals surface area contributed by atoms with E-state index in [4.69, 9.17) is 21.3 Å². The van der Waals surface area contributed by atoms with E-state index in [0.717, 1.165) is 11.1 Å². The van der Waals surface area contributed by atoms with Gasteiger partial charge in [0.2, 0.25) is 6.04 Å². The van der Waals surface area contributed by atoms with Crippen LogP contribution in [0.1, 0.15) is 11.1 Å². The molecule has 5 N–H and O–H groups in total. The number of carboxylic acids is 1. The SMILES string of the molecule is NCc1ccc(COC(=O)C(N)C(=O)O)cc1. The fraction of sp³-hybridized carbons (Fsp3) is 0.273. The molecule has 0 saturated carbocycles. The Hall–Kier alpha value is -1.92. The third-order valence-electron chi connectivity index (χ3n) is 2.16. The lowest BCUT2D eigenvalue weighted by Crippen LogP contribution is -2.39. The molecule has 0 saturated heterocycles. The van der Waals surface area contributed by atoms with Gasteiger partial charge in [0.15, 0.2) is 0 Å². The van der Waals surface area contributed by atoms with E-state index in [-0.39, 0.29) is 6.61 Å². The molecule has 0 amide bonds. The average molecular weight is 238 g/mol. The Morgan fingerprint density at radius 1 is 1.24 bits per heavy atom. The predicted molar refractivity (Wildman–Crippen MR) is 59.7 cm³/mol. The van der Waals surface area contributed by atoms with E-state index in [2.05, 4.69) is 0 Å². The standard InChI is InChI=1S/C11H14N2O4/c12-5-7-1-3-8(4-2-7)6-17-11(16)9(13)10(14)15/h1-4,9H,5-6,12-13H2,(H,14,15). The van der Waals surface area contributed by atoms with Gasteiger partial charge in [-0.05, 0) is 11.1 Å². The fourth-order valence-corrected chi connectivity index (χ4v) is 1.12. The number of aliphatic carboxylic acids is 1. The van der Waals surface area contributed by atoms with Crippen LogP contribution in [0.3, 0.4) is 0 Å². The minimum Gasteiger partial charge on any atom is -0.480 e. The molecule has 0 aromatic heterocycles. The molecular formula is C11H14N2O4. The number of esters is 1. The summed E-state index contributed by atoms with van der Waals surface area (Å²) in [5.41, 5.74) is 12.2. The van der Waals surface area contributed by atoms with E-state index in [0.29, 0.717) is 6.54 Å². The minimum absolute atomic E-state index is 0.00926. The van der Waals surface area contributed by atoms with Crippen LogP contribution in [-0.2, 0) is 27.5 Å². The Labute approximate surface area is 98.2 Å². The van der Waals surface area contributed by atoms with Crippen molar-refractivity contribution in [3.8, 4) is 0 Å². The zero-order valence-electron chi connectivity index (χ0n) is 9.13. The summed E-state index contributed by atoms with van der Waals surface area (Å²) in [6, 6.07) is 5.47. The normalized spacial score (nSPS) is 11.9. The smallest absolute Gasteiger partial charge is 0.334 e. The molecule has 0 bridgehead atoms. The van der Waals surface area contributed by atoms with Crippen LogP contribution >= 0.6 is 0 Å². The maximum atomic E-state index is 11.1. The maximum absolute atomic E-state index is 11.1. The molecule has 17 heavy (non-hydrogen) atoms. The van der Waals surface area contributed by atoms with Crippen molar-refractivity contribution >= 4 is 11.9 Å². The highest BCUT2D eigenvalue weighted by atomic mass is 16.5. The van der Waals surface area contributed by atoms with Crippen molar-refractivity contribution in [2.45, 2.75) is 19.2 Å². The first-order chi connectivity index (χ1) is 8.04. The van der Waals surface area contributed by atoms with Gasteiger partial charge >= 0.3 is 11.9 Å². The van der Waals surface area contributed by atoms with Gasteiger partial charge in [-0.3, -0.25) is 0 Å². The molecule has 0 aliphatic heterocycles. The van der Waals surface area contributed by atoms with Crippen molar-refractivity contribution in [1.82, 2.24) is 0 Å². The van der Waals surface area contributed by atoms with Gasteiger partial charge in [0.05, 0.1) is 0 Å². The van der Waals surface area contributed by atoms with Gasteiger partial charge in [-0.25, -0.2) is 9.59 Å². The molecule has 1 unspecified atom stereocenters. The van der Waals surface area contributed by atoms with Crippen molar-refractivity contribution in [2.75, 3.05) is 0 Å². The minimum atomic E-state index is -1.64. The van der Waals surface area contributed by atoms with Crippen LogP contribution < -0.4 is 11.5 Å².